The van der Waals surface area contributed by atoms with E-state index in [-0.39, 0.29) is 17.2 Å². The summed E-state index contributed by atoms with van der Waals surface area (Å²) in [6.07, 6.45) is 7.35. The fourth-order valence-electron chi connectivity index (χ4n) is 3.12. The maximum atomic E-state index is 12.3. The fraction of sp³-hybridized carbons (Fsp3) is 0.938. The van der Waals surface area contributed by atoms with Gasteiger partial charge in [0.05, 0.1) is 5.92 Å². The molecule has 0 aromatic heterocycles. The van der Waals surface area contributed by atoms with Crippen molar-refractivity contribution in [1.82, 2.24) is 5.32 Å². The zero-order valence-corrected chi connectivity index (χ0v) is 13.2. The van der Waals surface area contributed by atoms with Crippen LogP contribution < -0.4 is 11.1 Å². The summed E-state index contributed by atoms with van der Waals surface area (Å²) in [5.41, 5.74) is 5.92. The monoisotopic (exact) mass is 268 g/mol. The van der Waals surface area contributed by atoms with Crippen molar-refractivity contribution in [2.45, 2.75) is 72.3 Å². The van der Waals surface area contributed by atoms with E-state index >= 15 is 0 Å². The van der Waals surface area contributed by atoms with Crippen molar-refractivity contribution < 1.29 is 4.79 Å². The molecule has 1 aliphatic rings. The van der Waals surface area contributed by atoms with E-state index in [0.717, 1.165) is 6.42 Å². The first-order valence-corrected chi connectivity index (χ1v) is 7.84. The number of nitrogens with two attached hydrogens (primary N) is 1. The normalized spacial score (nSPS) is 20.9. The third-order valence-corrected chi connectivity index (χ3v) is 4.24. The Bertz CT molecular complexity index is 277. The molecule has 3 nitrogen and oxygen atoms in total. The molecule has 0 bridgehead atoms. The van der Waals surface area contributed by atoms with E-state index in [1.54, 1.807) is 0 Å². The molecule has 0 saturated heterocycles. The van der Waals surface area contributed by atoms with E-state index in [1.807, 2.05) is 0 Å². The first-order chi connectivity index (χ1) is 8.83. The van der Waals surface area contributed by atoms with Gasteiger partial charge in [-0.15, -0.1) is 0 Å². The van der Waals surface area contributed by atoms with Crippen molar-refractivity contribution in [1.29, 1.82) is 0 Å². The lowest BCUT2D eigenvalue weighted by Gasteiger charge is -2.30. The third-order valence-electron chi connectivity index (χ3n) is 4.24. The third kappa shape index (κ3) is 5.94. The Labute approximate surface area is 118 Å². The Kier molecular flexibility index (Phi) is 6.31. The zero-order chi connectivity index (χ0) is 14.5. The lowest BCUT2D eigenvalue weighted by molar-refractivity contribution is -0.126. The number of hydrogen-bond acceptors (Lipinski definition) is 2. The minimum Gasteiger partial charge on any atom is -0.353 e. The highest BCUT2D eigenvalue weighted by Crippen LogP contribution is 2.27. The Morgan fingerprint density at radius 2 is 1.84 bits per heavy atom. The standard InChI is InChI=1S/C16H32N2O/c1-12(13-8-6-5-7-9-13)18-15(19)14(11-17)10-16(2,3)4/h12-14H,5-11,17H2,1-4H3,(H,18,19). The molecule has 0 spiro atoms. The largest absolute Gasteiger partial charge is 0.353 e. The van der Waals surface area contributed by atoms with Gasteiger partial charge in [0.15, 0.2) is 0 Å². The lowest BCUT2D eigenvalue weighted by Crippen LogP contribution is -2.44. The number of carbonyl (C=O) groups excluding carboxylic acids is 1. The van der Waals surface area contributed by atoms with Gasteiger partial charge < -0.3 is 11.1 Å². The second-order valence-corrected chi connectivity index (χ2v) is 7.39. The van der Waals surface area contributed by atoms with Crippen molar-refractivity contribution in [3.05, 3.63) is 0 Å². The summed E-state index contributed by atoms with van der Waals surface area (Å²) in [6, 6.07) is 0.293. The molecule has 3 heteroatoms. The van der Waals surface area contributed by atoms with Crippen LogP contribution in [0, 0.1) is 17.3 Å². The van der Waals surface area contributed by atoms with Crippen LogP contribution >= 0.6 is 0 Å². The molecule has 0 aromatic rings. The summed E-state index contributed by atoms with van der Waals surface area (Å²) < 4.78 is 0. The van der Waals surface area contributed by atoms with Crippen LogP contribution in [0.15, 0.2) is 0 Å². The molecule has 1 amide bonds. The molecule has 2 unspecified atom stereocenters. The predicted molar refractivity (Wildman–Crippen MR) is 80.8 cm³/mol. The Morgan fingerprint density at radius 1 is 1.26 bits per heavy atom. The van der Waals surface area contributed by atoms with Crippen molar-refractivity contribution in [3.8, 4) is 0 Å². The maximum absolute atomic E-state index is 12.3. The Balaban J connectivity index is 2.46. The second kappa shape index (κ2) is 7.28. The van der Waals surface area contributed by atoms with Crippen LogP contribution in [0.25, 0.3) is 0 Å². The average Bonchev–Trinajstić information content (AvgIpc) is 2.35. The molecule has 0 aliphatic heterocycles. The van der Waals surface area contributed by atoms with Gasteiger partial charge in [0, 0.05) is 12.6 Å². The first-order valence-electron chi connectivity index (χ1n) is 7.84. The van der Waals surface area contributed by atoms with E-state index in [0.29, 0.717) is 18.5 Å². The first kappa shape index (κ1) is 16.5. The minimum absolute atomic E-state index is 0.0500. The molecule has 0 aromatic carbocycles. The van der Waals surface area contributed by atoms with Gasteiger partial charge in [-0.3, -0.25) is 4.79 Å². The molecule has 19 heavy (non-hydrogen) atoms. The molecule has 1 fully saturated rings. The van der Waals surface area contributed by atoms with Crippen LogP contribution in [-0.4, -0.2) is 18.5 Å². The molecule has 1 rings (SSSR count). The Hall–Kier alpha value is -0.570. The number of nitrogens with one attached hydrogen (secondary N) is 1. The van der Waals surface area contributed by atoms with Crippen LogP contribution in [-0.2, 0) is 4.79 Å². The SMILES string of the molecule is CC(NC(=O)C(CN)CC(C)(C)C)C1CCCCC1. The van der Waals surface area contributed by atoms with Crippen LogP contribution in [0.2, 0.25) is 0 Å². The van der Waals surface area contributed by atoms with E-state index in [2.05, 4.69) is 33.0 Å². The van der Waals surface area contributed by atoms with E-state index in [9.17, 15) is 4.79 Å². The van der Waals surface area contributed by atoms with E-state index < -0.39 is 0 Å². The molecule has 0 radical (unpaired) electrons. The van der Waals surface area contributed by atoms with Gasteiger partial charge >= 0.3 is 0 Å². The van der Waals surface area contributed by atoms with Gasteiger partial charge in [-0.05, 0) is 37.5 Å². The number of carbonyl (C=O) groups is 1. The smallest absolute Gasteiger partial charge is 0.224 e. The summed E-state index contributed by atoms with van der Waals surface area (Å²) in [6.45, 7) is 9.08. The fourth-order valence-corrected chi connectivity index (χ4v) is 3.12. The van der Waals surface area contributed by atoms with Crippen LogP contribution in [0.5, 0.6) is 0 Å². The predicted octanol–water partition coefficient (Wildman–Crippen LogP) is 3.08. The Morgan fingerprint density at radius 3 is 2.32 bits per heavy atom. The van der Waals surface area contributed by atoms with Crippen molar-refractivity contribution in [2.24, 2.45) is 23.0 Å². The number of amides is 1. The highest BCUT2D eigenvalue weighted by Gasteiger charge is 2.27. The molecule has 1 aliphatic carbocycles. The molecule has 1 saturated carbocycles. The van der Waals surface area contributed by atoms with Gasteiger partial charge in [0.2, 0.25) is 5.91 Å². The maximum Gasteiger partial charge on any atom is 0.224 e. The lowest BCUT2D eigenvalue weighted by atomic mass is 9.82. The quantitative estimate of drug-likeness (QED) is 0.805. The van der Waals surface area contributed by atoms with Crippen LogP contribution in [0.1, 0.15) is 66.2 Å². The molecule has 0 heterocycles. The molecule has 112 valence electrons. The number of hydrogen-bond donors (Lipinski definition) is 2. The average molecular weight is 268 g/mol. The van der Waals surface area contributed by atoms with E-state index in [1.165, 1.54) is 32.1 Å². The van der Waals surface area contributed by atoms with Gasteiger partial charge in [-0.2, -0.15) is 0 Å². The minimum atomic E-state index is -0.0500. The van der Waals surface area contributed by atoms with Crippen LogP contribution in [0.4, 0.5) is 0 Å². The van der Waals surface area contributed by atoms with Gasteiger partial charge in [0.1, 0.15) is 0 Å². The molecular weight excluding hydrogens is 236 g/mol. The molecule has 3 N–H and O–H groups in total. The number of rotatable bonds is 5. The molecule has 2 atom stereocenters. The summed E-state index contributed by atoms with van der Waals surface area (Å²) >= 11 is 0. The molecular formula is C16H32N2O. The van der Waals surface area contributed by atoms with E-state index in [4.69, 9.17) is 5.73 Å². The summed E-state index contributed by atoms with van der Waals surface area (Å²) in [5, 5.41) is 3.20. The van der Waals surface area contributed by atoms with Crippen molar-refractivity contribution in [3.63, 3.8) is 0 Å². The summed E-state index contributed by atoms with van der Waals surface area (Å²) in [7, 11) is 0. The van der Waals surface area contributed by atoms with Crippen molar-refractivity contribution in [2.75, 3.05) is 6.54 Å². The highest BCUT2D eigenvalue weighted by atomic mass is 16.1. The summed E-state index contributed by atoms with van der Waals surface area (Å²) in [4.78, 5) is 12.3. The highest BCUT2D eigenvalue weighted by molar-refractivity contribution is 5.79. The zero-order valence-electron chi connectivity index (χ0n) is 13.2. The van der Waals surface area contributed by atoms with Gasteiger partial charge in [-0.25, -0.2) is 0 Å². The summed E-state index contributed by atoms with van der Waals surface area (Å²) in [5.74, 6) is 0.757. The van der Waals surface area contributed by atoms with Gasteiger partial charge in [-0.1, -0.05) is 40.0 Å². The van der Waals surface area contributed by atoms with Crippen molar-refractivity contribution >= 4 is 5.91 Å². The van der Waals surface area contributed by atoms with Crippen LogP contribution in [0.3, 0.4) is 0 Å². The topological polar surface area (TPSA) is 55.1 Å². The van der Waals surface area contributed by atoms with Gasteiger partial charge in [0.25, 0.3) is 0 Å². The second-order valence-electron chi connectivity index (χ2n) is 7.39.